The highest BCUT2D eigenvalue weighted by atomic mass is 32.1. The number of nitrogens with one attached hydrogen (secondary N) is 1. The van der Waals surface area contributed by atoms with Gasteiger partial charge in [0.2, 0.25) is 5.91 Å². The Balaban J connectivity index is 0.000000151. The van der Waals surface area contributed by atoms with Gasteiger partial charge in [0.15, 0.2) is 0 Å². The first-order valence-corrected chi connectivity index (χ1v) is 20.5. The molecule has 0 radical (unpaired) electrons. The molecule has 6 unspecified atom stereocenters. The monoisotopic (exact) mass is 678 g/mol. The van der Waals surface area contributed by atoms with E-state index in [2.05, 4.69) is 32.6 Å². The van der Waals surface area contributed by atoms with Crippen LogP contribution in [0.5, 0.6) is 0 Å². The lowest BCUT2D eigenvalue weighted by Crippen LogP contribution is -2.49. The molecule has 6 atom stereocenters. The molecule has 4 aliphatic heterocycles. The maximum Gasteiger partial charge on any atom is 0.254 e. The first-order chi connectivity index (χ1) is 23.0. The van der Waals surface area contributed by atoms with E-state index in [4.69, 9.17) is 0 Å². The van der Waals surface area contributed by atoms with Gasteiger partial charge in [-0.25, -0.2) is 0 Å². The fourth-order valence-electron chi connectivity index (χ4n) is 9.62. The van der Waals surface area contributed by atoms with E-state index in [-0.39, 0.29) is 11.8 Å². The van der Waals surface area contributed by atoms with E-state index in [0.29, 0.717) is 29.8 Å². The van der Waals surface area contributed by atoms with E-state index in [1.165, 1.54) is 86.8 Å². The van der Waals surface area contributed by atoms with Crippen LogP contribution in [-0.2, 0) is 4.79 Å². The van der Waals surface area contributed by atoms with Crippen molar-refractivity contribution in [2.45, 2.75) is 121 Å². The predicted molar refractivity (Wildman–Crippen MR) is 191 cm³/mol. The number of amides is 3. The van der Waals surface area contributed by atoms with Crippen molar-refractivity contribution in [1.29, 1.82) is 0 Å². The lowest BCUT2D eigenvalue weighted by Gasteiger charge is -2.44. The standard InChI is InChI=1S/C20H28N2O2S.C18H26N2OS/c1-14(23)21-10-8-16(12-21)19-11-17(13-25-19)20(24)22-9-4-6-15-5-2-3-7-18(15)22;21-18(15-10-17(22-12-15)14-7-8-19-11-14)20-9-3-5-13-4-1-2-6-16(13)20/h11,13,15-16,18H,2-10,12H2,1H3;10,12-14,16,19H,1-9,11H2. The summed E-state index contributed by atoms with van der Waals surface area (Å²) in [5.41, 5.74) is 1.81. The zero-order valence-corrected chi connectivity index (χ0v) is 29.9. The van der Waals surface area contributed by atoms with Crippen molar-refractivity contribution in [1.82, 2.24) is 20.0 Å². The predicted octanol–water partition coefficient (Wildman–Crippen LogP) is 7.50. The van der Waals surface area contributed by atoms with E-state index >= 15 is 0 Å². The van der Waals surface area contributed by atoms with Gasteiger partial charge in [0.1, 0.15) is 0 Å². The van der Waals surface area contributed by atoms with Gasteiger partial charge in [0.25, 0.3) is 11.8 Å². The molecule has 8 rings (SSSR count). The molecule has 4 saturated heterocycles. The van der Waals surface area contributed by atoms with Crippen LogP contribution in [0.2, 0.25) is 0 Å². The number of fused-ring (bicyclic) bond motifs is 2. The number of likely N-dealkylation sites (tertiary alicyclic amines) is 3. The second kappa shape index (κ2) is 15.1. The number of hydrogen-bond acceptors (Lipinski definition) is 6. The number of thiophene rings is 2. The smallest absolute Gasteiger partial charge is 0.254 e. The summed E-state index contributed by atoms with van der Waals surface area (Å²) < 4.78 is 0. The summed E-state index contributed by atoms with van der Waals surface area (Å²) in [5.74, 6) is 3.21. The van der Waals surface area contributed by atoms with Crippen molar-refractivity contribution in [2.75, 3.05) is 39.3 Å². The molecule has 2 saturated carbocycles. The summed E-state index contributed by atoms with van der Waals surface area (Å²) in [6.07, 6.45) is 17.5. The normalized spacial score (nSPS) is 30.7. The zero-order chi connectivity index (χ0) is 32.3. The summed E-state index contributed by atoms with van der Waals surface area (Å²) in [4.78, 5) is 46.6. The fourth-order valence-corrected chi connectivity index (χ4v) is 11.7. The number of hydrogen-bond donors (Lipinski definition) is 1. The highest BCUT2D eigenvalue weighted by molar-refractivity contribution is 7.10. The SMILES string of the molecule is CC(=O)N1CCC(c2cc(C(=O)N3CCCC4CCCCC43)cs2)C1.O=C(c1csc(C2CCNC2)c1)N1CCCC2CCCCC21. The summed E-state index contributed by atoms with van der Waals surface area (Å²) in [5, 5.41) is 7.56. The van der Waals surface area contributed by atoms with Gasteiger partial charge in [-0.05, 0) is 94.7 Å². The van der Waals surface area contributed by atoms with Crippen LogP contribution in [0.3, 0.4) is 0 Å². The first kappa shape index (κ1) is 33.3. The van der Waals surface area contributed by atoms with Crippen molar-refractivity contribution in [3.63, 3.8) is 0 Å². The maximum absolute atomic E-state index is 13.1. The minimum atomic E-state index is 0.159. The van der Waals surface area contributed by atoms with Crippen LogP contribution in [-0.4, -0.2) is 83.8 Å². The molecular formula is C38H54N4O3S2. The van der Waals surface area contributed by atoms with Crippen LogP contribution < -0.4 is 5.32 Å². The third-order valence-electron chi connectivity index (χ3n) is 12.2. The molecule has 0 aromatic carbocycles. The molecule has 3 amide bonds. The lowest BCUT2D eigenvalue weighted by atomic mass is 9.78. The Morgan fingerprint density at radius 2 is 1.19 bits per heavy atom. The Labute approximate surface area is 289 Å². The van der Waals surface area contributed by atoms with Crippen LogP contribution in [0, 0.1) is 11.8 Å². The fraction of sp³-hybridized carbons (Fsp3) is 0.711. The minimum Gasteiger partial charge on any atom is -0.342 e. The topological polar surface area (TPSA) is 73.0 Å². The van der Waals surface area contributed by atoms with Crippen molar-refractivity contribution in [3.05, 3.63) is 43.8 Å². The average Bonchev–Trinajstić information content (AvgIpc) is 3.94. The van der Waals surface area contributed by atoms with Gasteiger partial charge < -0.3 is 20.0 Å². The van der Waals surface area contributed by atoms with Gasteiger partial charge in [0, 0.05) is 84.1 Å². The second-order valence-corrected chi connectivity index (χ2v) is 17.0. The number of nitrogens with zero attached hydrogens (tertiary/aromatic N) is 3. The second-order valence-electron chi connectivity index (χ2n) is 15.1. The van der Waals surface area contributed by atoms with Crippen LogP contribution in [0.4, 0.5) is 0 Å². The van der Waals surface area contributed by atoms with E-state index in [1.54, 1.807) is 29.6 Å². The van der Waals surface area contributed by atoms with Gasteiger partial charge in [-0.2, -0.15) is 0 Å². The van der Waals surface area contributed by atoms with Gasteiger partial charge in [-0.15, -0.1) is 22.7 Å². The third-order valence-corrected chi connectivity index (χ3v) is 14.4. The molecule has 6 heterocycles. The number of rotatable bonds is 4. The van der Waals surface area contributed by atoms with Crippen molar-refractivity contribution >= 4 is 40.4 Å². The van der Waals surface area contributed by atoms with Crippen LogP contribution in [0.1, 0.15) is 139 Å². The minimum absolute atomic E-state index is 0.159. The van der Waals surface area contributed by atoms with Gasteiger partial charge in [-0.1, -0.05) is 25.7 Å². The number of carbonyl (C=O) groups excluding carboxylic acids is 3. The van der Waals surface area contributed by atoms with E-state index in [9.17, 15) is 14.4 Å². The largest absolute Gasteiger partial charge is 0.342 e. The van der Waals surface area contributed by atoms with Gasteiger partial charge >= 0.3 is 0 Å². The van der Waals surface area contributed by atoms with Crippen molar-refractivity contribution in [2.24, 2.45) is 11.8 Å². The highest BCUT2D eigenvalue weighted by Gasteiger charge is 2.38. The highest BCUT2D eigenvalue weighted by Crippen LogP contribution is 2.39. The van der Waals surface area contributed by atoms with E-state index in [1.807, 2.05) is 10.3 Å². The number of carbonyl (C=O) groups is 3. The molecular weight excluding hydrogens is 625 g/mol. The van der Waals surface area contributed by atoms with Crippen LogP contribution in [0.25, 0.3) is 0 Å². The molecule has 9 heteroatoms. The number of piperidine rings is 2. The third kappa shape index (κ3) is 7.37. The molecule has 2 aromatic heterocycles. The Kier molecular flexibility index (Phi) is 10.7. The molecule has 6 fully saturated rings. The van der Waals surface area contributed by atoms with E-state index < -0.39 is 0 Å². The van der Waals surface area contributed by atoms with Crippen LogP contribution >= 0.6 is 22.7 Å². The lowest BCUT2D eigenvalue weighted by molar-refractivity contribution is -0.127. The molecule has 0 spiro atoms. The quantitative estimate of drug-likeness (QED) is 0.364. The molecule has 2 aliphatic carbocycles. The van der Waals surface area contributed by atoms with Gasteiger partial charge in [0.05, 0.1) is 11.1 Å². The molecule has 47 heavy (non-hydrogen) atoms. The summed E-state index contributed by atoms with van der Waals surface area (Å²) in [6, 6.07) is 5.27. The molecule has 2 aromatic rings. The average molecular weight is 679 g/mol. The van der Waals surface area contributed by atoms with Gasteiger partial charge in [-0.3, -0.25) is 14.4 Å². The first-order valence-electron chi connectivity index (χ1n) is 18.7. The Morgan fingerprint density at radius 1 is 0.660 bits per heavy atom. The Hall–Kier alpha value is -2.23. The van der Waals surface area contributed by atoms with E-state index in [0.717, 1.165) is 75.1 Å². The summed E-state index contributed by atoms with van der Waals surface area (Å²) in [6.45, 7) is 7.37. The molecule has 1 N–H and O–H groups in total. The van der Waals surface area contributed by atoms with Crippen LogP contribution in [0.15, 0.2) is 22.9 Å². The zero-order valence-electron chi connectivity index (χ0n) is 28.3. The summed E-state index contributed by atoms with van der Waals surface area (Å²) >= 11 is 3.48. The molecule has 256 valence electrons. The Morgan fingerprint density at radius 3 is 1.70 bits per heavy atom. The molecule has 6 aliphatic rings. The molecule has 0 bridgehead atoms. The summed E-state index contributed by atoms with van der Waals surface area (Å²) in [7, 11) is 0. The van der Waals surface area contributed by atoms with Crippen molar-refractivity contribution < 1.29 is 14.4 Å². The molecule has 7 nitrogen and oxygen atoms in total. The Bertz CT molecular complexity index is 1390. The maximum atomic E-state index is 13.1. The van der Waals surface area contributed by atoms with Crippen molar-refractivity contribution in [3.8, 4) is 0 Å².